The Bertz CT molecular complexity index is 523. The van der Waals surface area contributed by atoms with E-state index in [0.29, 0.717) is 11.8 Å². The van der Waals surface area contributed by atoms with Crippen LogP contribution in [0.4, 0.5) is 14.5 Å². The Morgan fingerprint density at radius 3 is 2.33 bits per heavy atom. The summed E-state index contributed by atoms with van der Waals surface area (Å²) in [6.07, 6.45) is 3.04. The molecule has 0 aromatic heterocycles. The smallest absolute Gasteiger partial charge is 0.340 e. The molecule has 0 aliphatic heterocycles. The molecule has 21 heavy (non-hydrogen) atoms. The number of ether oxygens (including phenoxy) is 1. The van der Waals surface area contributed by atoms with Crippen LogP contribution in [0.25, 0.3) is 0 Å². The van der Waals surface area contributed by atoms with Gasteiger partial charge in [0, 0.05) is 12.1 Å². The Kier molecular flexibility index (Phi) is 4.80. The molecule has 116 valence electrons. The van der Waals surface area contributed by atoms with E-state index in [9.17, 15) is 13.6 Å². The predicted octanol–water partition coefficient (Wildman–Crippen LogP) is 3.99. The fourth-order valence-corrected chi connectivity index (χ4v) is 3.21. The summed E-state index contributed by atoms with van der Waals surface area (Å²) in [5, 5.41) is 3.11. The van der Waals surface area contributed by atoms with Gasteiger partial charge in [-0.3, -0.25) is 0 Å². The van der Waals surface area contributed by atoms with Gasteiger partial charge in [0.15, 0.2) is 0 Å². The number of rotatable bonds is 3. The lowest BCUT2D eigenvalue weighted by Crippen LogP contribution is -2.30. The van der Waals surface area contributed by atoms with Crippen molar-refractivity contribution in [1.29, 1.82) is 0 Å². The topological polar surface area (TPSA) is 38.3 Å². The second-order valence-corrected chi connectivity index (χ2v) is 6.06. The van der Waals surface area contributed by atoms with E-state index in [2.05, 4.69) is 23.9 Å². The quantitative estimate of drug-likeness (QED) is 0.857. The number of methoxy groups -OCH3 is 1. The molecule has 1 aromatic rings. The van der Waals surface area contributed by atoms with E-state index in [0.717, 1.165) is 25.3 Å². The third-order valence-electron chi connectivity index (χ3n) is 4.00. The molecule has 1 fully saturated rings. The Labute approximate surface area is 123 Å². The van der Waals surface area contributed by atoms with Crippen molar-refractivity contribution >= 4 is 11.7 Å². The molecule has 1 aliphatic rings. The van der Waals surface area contributed by atoms with Crippen LogP contribution in [0.3, 0.4) is 0 Å². The molecule has 0 bridgehead atoms. The summed E-state index contributed by atoms with van der Waals surface area (Å²) in [5.41, 5.74) is -0.0959. The fourth-order valence-electron chi connectivity index (χ4n) is 3.21. The van der Waals surface area contributed by atoms with Gasteiger partial charge < -0.3 is 10.1 Å². The van der Waals surface area contributed by atoms with Crippen LogP contribution in [0.2, 0.25) is 0 Å². The number of carbonyl (C=O) groups is 1. The van der Waals surface area contributed by atoms with Crippen LogP contribution in [0.5, 0.6) is 0 Å². The van der Waals surface area contributed by atoms with E-state index >= 15 is 0 Å². The number of hydrogen-bond acceptors (Lipinski definition) is 3. The Balaban J connectivity index is 2.21. The van der Waals surface area contributed by atoms with Crippen LogP contribution in [-0.4, -0.2) is 19.1 Å². The molecule has 1 aliphatic carbocycles. The first kappa shape index (κ1) is 15.7. The number of halogens is 2. The van der Waals surface area contributed by atoms with Crippen molar-refractivity contribution in [3.63, 3.8) is 0 Å². The normalized spacial score (nSPS) is 25.5. The van der Waals surface area contributed by atoms with Gasteiger partial charge in [0.25, 0.3) is 0 Å². The van der Waals surface area contributed by atoms with E-state index in [1.165, 1.54) is 13.2 Å². The predicted molar refractivity (Wildman–Crippen MR) is 77.3 cm³/mol. The van der Waals surface area contributed by atoms with Crippen molar-refractivity contribution in [2.75, 3.05) is 12.4 Å². The second-order valence-electron chi connectivity index (χ2n) is 6.06. The molecule has 2 unspecified atom stereocenters. The maximum atomic E-state index is 13.9. The molecule has 1 aromatic carbocycles. The average Bonchev–Trinajstić information content (AvgIpc) is 2.40. The van der Waals surface area contributed by atoms with Gasteiger partial charge in [0.05, 0.1) is 18.4 Å². The number of nitrogens with one attached hydrogen (secondary N) is 1. The number of anilines is 1. The maximum absolute atomic E-state index is 13.9. The van der Waals surface area contributed by atoms with E-state index in [1.54, 1.807) is 0 Å². The average molecular weight is 297 g/mol. The molecule has 1 N–H and O–H groups in total. The van der Waals surface area contributed by atoms with Crippen LogP contribution in [-0.2, 0) is 4.74 Å². The Morgan fingerprint density at radius 1 is 1.14 bits per heavy atom. The fraction of sp³-hybridized carbons (Fsp3) is 0.562. The van der Waals surface area contributed by atoms with Crippen LogP contribution < -0.4 is 5.32 Å². The first-order chi connectivity index (χ1) is 9.90. The van der Waals surface area contributed by atoms with E-state index in [1.807, 2.05) is 0 Å². The summed E-state index contributed by atoms with van der Waals surface area (Å²) in [5.74, 6) is -1.27. The molecule has 0 spiro atoms. The molecule has 0 saturated heterocycles. The molecule has 0 heterocycles. The highest BCUT2D eigenvalue weighted by molar-refractivity contribution is 5.90. The van der Waals surface area contributed by atoms with Crippen molar-refractivity contribution in [3.05, 3.63) is 29.3 Å². The van der Waals surface area contributed by atoms with Crippen LogP contribution >= 0.6 is 0 Å². The zero-order valence-corrected chi connectivity index (χ0v) is 12.6. The first-order valence-electron chi connectivity index (χ1n) is 7.24. The summed E-state index contributed by atoms with van der Waals surface area (Å²) in [6, 6.07) is 2.05. The van der Waals surface area contributed by atoms with Crippen LogP contribution in [0.1, 0.15) is 43.5 Å². The maximum Gasteiger partial charge on any atom is 0.340 e. The Hall–Kier alpha value is -1.65. The number of esters is 1. The van der Waals surface area contributed by atoms with Gasteiger partial charge in [-0.05, 0) is 37.2 Å². The Morgan fingerprint density at radius 2 is 1.76 bits per heavy atom. The summed E-state index contributed by atoms with van der Waals surface area (Å²) >= 11 is 0. The van der Waals surface area contributed by atoms with Crippen molar-refractivity contribution in [2.24, 2.45) is 11.8 Å². The molecule has 2 rings (SSSR count). The van der Waals surface area contributed by atoms with Gasteiger partial charge in [-0.25, -0.2) is 13.6 Å². The van der Waals surface area contributed by atoms with Gasteiger partial charge in [-0.1, -0.05) is 13.8 Å². The van der Waals surface area contributed by atoms with Crippen molar-refractivity contribution in [2.45, 2.75) is 39.2 Å². The van der Waals surface area contributed by atoms with Gasteiger partial charge in [0.2, 0.25) is 0 Å². The molecular formula is C16H21F2NO2. The van der Waals surface area contributed by atoms with Crippen LogP contribution in [0, 0.1) is 23.5 Å². The second kappa shape index (κ2) is 6.41. The molecular weight excluding hydrogens is 276 g/mol. The minimum Gasteiger partial charge on any atom is -0.465 e. The zero-order chi connectivity index (χ0) is 15.6. The van der Waals surface area contributed by atoms with Gasteiger partial charge in [-0.2, -0.15) is 0 Å². The minimum absolute atomic E-state index is 0.134. The highest BCUT2D eigenvalue weighted by Crippen LogP contribution is 2.31. The molecule has 5 heteroatoms. The van der Waals surface area contributed by atoms with Crippen molar-refractivity contribution < 1.29 is 18.3 Å². The first-order valence-corrected chi connectivity index (χ1v) is 7.24. The lowest BCUT2D eigenvalue weighted by atomic mass is 9.80. The molecule has 1 saturated carbocycles. The van der Waals surface area contributed by atoms with Gasteiger partial charge in [-0.15, -0.1) is 0 Å². The highest BCUT2D eigenvalue weighted by atomic mass is 19.1. The minimum atomic E-state index is -0.907. The third-order valence-corrected chi connectivity index (χ3v) is 4.00. The summed E-state index contributed by atoms with van der Waals surface area (Å²) in [6.45, 7) is 4.34. The summed E-state index contributed by atoms with van der Waals surface area (Å²) < 4.78 is 32.0. The van der Waals surface area contributed by atoms with Gasteiger partial charge >= 0.3 is 5.97 Å². The monoisotopic (exact) mass is 297 g/mol. The standard InChI is InChI=1S/C16H21F2NO2/c1-9-4-10(2)6-11(5-9)19-15-7-12(16(20)21-3)13(17)8-14(15)18/h7-11,19H,4-6H2,1-3H3. The van der Waals surface area contributed by atoms with Crippen LogP contribution in [0.15, 0.2) is 12.1 Å². The zero-order valence-electron chi connectivity index (χ0n) is 12.6. The van der Waals surface area contributed by atoms with E-state index in [-0.39, 0.29) is 17.3 Å². The lowest BCUT2D eigenvalue weighted by molar-refractivity contribution is 0.0595. The van der Waals surface area contributed by atoms with Crippen molar-refractivity contribution in [3.8, 4) is 0 Å². The molecule has 0 radical (unpaired) electrons. The molecule has 3 nitrogen and oxygen atoms in total. The number of benzene rings is 1. The van der Waals surface area contributed by atoms with E-state index in [4.69, 9.17) is 0 Å². The molecule has 2 atom stereocenters. The van der Waals surface area contributed by atoms with Gasteiger partial charge in [0.1, 0.15) is 11.6 Å². The summed E-state index contributed by atoms with van der Waals surface area (Å²) in [4.78, 5) is 11.5. The third kappa shape index (κ3) is 3.71. The summed E-state index contributed by atoms with van der Waals surface area (Å²) in [7, 11) is 1.17. The van der Waals surface area contributed by atoms with Crippen molar-refractivity contribution in [1.82, 2.24) is 0 Å². The highest BCUT2D eigenvalue weighted by Gasteiger charge is 2.25. The SMILES string of the molecule is COC(=O)c1cc(NC2CC(C)CC(C)C2)c(F)cc1F. The lowest BCUT2D eigenvalue weighted by Gasteiger charge is -2.32. The number of carbonyl (C=O) groups excluding carboxylic acids is 1. The number of hydrogen-bond donors (Lipinski definition) is 1. The largest absolute Gasteiger partial charge is 0.465 e. The molecule has 0 amide bonds. The van der Waals surface area contributed by atoms with E-state index < -0.39 is 17.6 Å².